The van der Waals surface area contributed by atoms with Crippen molar-refractivity contribution in [3.05, 3.63) is 35.4 Å². The second kappa shape index (κ2) is 6.78. The lowest BCUT2D eigenvalue weighted by atomic mass is 10.0. The van der Waals surface area contributed by atoms with Crippen molar-refractivity contribution < 1.29 is 22.0 Å². The Morgan fingerprint density at radius 2 is 2.00 bits per heavy atom. The molecule has 0 spiro atoms. The van der Waals surface area contributed by atoms with Crippen LogP contribution in [0.1, 0.15) is 31.4 Å². The van der Waals surface area contributed by atoms with Crippen LogP contribution in [0.3, 0.4) is 0 Å². The average Bonchev–Trinajstić information content (AvgIpc) is 2.36. The van der Waals surface area contributed by atoms with E-state index in [0.717, 1.165) is 24.5 Å². The Kier molecular flexibility index (Phi) is 5.62. The van der Waals surface area contributed by atoms with Crippen molar-refractivity contribution in [1.82, 2.24) is 5.32 Å². The Morgan fingerprint density at radius 1 is 1.35 bits per heavy atom. The molecule has 0 fully saturated rings. The maximum atomic E-state index is 13.6. The van der Waals surface area contributed by atoms with Crippen LogP contribution in [-0.4, -0.2) is 26.3 Å². The lowest BCUT2D eigenvalue weighted by molar-refractivity contribution is -0.121. The summed E-state index contributed by atoms with van der Waals surface area (Å²) in [6, 6.07) is 2.34. The molecule has 1 aromatic carbocycles. The molecule has 0 aliphatic carbocycles. The summed E-state index contributed by atoms with van der Waals surface area (Å²) < 4.78 is 48.7. The molecule has 0 saturated carbocycles. The second-order valence-electron chi connectivity index (χ2n) is 4.57. The van der Waals surface area contributed by atoms with E-state index in [9.17, 15) is 22.0 Å². The fraction of sp³-hybridized carbons (Fsp3) is 0.462. The lowest BCUT2D eigenvalue weighted by Gasteiger charge is -2.18. The van der Waals surface area contributed by atoms with Crippen molar-refractivity contribution in [2.24, 2.45) is 0 Å². The molecule has 0 aliphatic rings. The molecule has 1 atom stereocenters. The average molecular weight is 305 g/mol. The van der Waals surface area contributed by atoms with E-state index in [2.05, 4.69) is 5.32 Å². The summed E-state index contributed by atoms with van der Waals surface area (Å²) in [4.78, 5) is 11.6. The standard InChI is InChI=1S/C13H17F2NO3S/c1-3-12(10-8-9(14)4-5-11(10)15)16-13(17)6-7-20(2,18)19/h4-5,8,12H,3,6-7H2,1-2H3,(H,16,17)/t12-/m0/s1. The molecule has 4 nitrogen and oxygen atoms in total. The van der Waals surface area contributed by atoms with E-state index in [4.69, 9.17) is 0 Å². The number of rotatable bonds is 6. The molecule has 1 amide bonds. The van der Waals surface area contributed by atoms with Crippen molar-refractivity contribution in [1.29, 1.82) is 0 Å². The number of carbonyl (C=O) groups excluding carboxylic acids is 1. The third-order valence-electron chi connectivity index (χ3n) is 2.78. The van der Waals surface area contributed by atoms with E-state index in [-0.39, 0.29) is 17.7 Å². The summed E-state index contributed by atoms with van der Waals surface area (Å²) in [5, 5.41) is 2.51. The molecule has 0 aromatic heterocycles. The monoisotopic (exact) mass is 305 g/mol. The molecule has 1 rings (SSSR count). The number of benzene rings is 1. The fourth-order valence-electron chi connectivity index (χ4n) is 1.73. The third-order valence-corrected chi connectivity index (χ3v) is 3.72. The van der Waals surface area contributed by atoms with Crippen LogP contribution in [0.5, 0.6) is 0 Å². The molecule has 20 heavy (non-hydrogen) atoms. The Labute approximate surface area is 117 Å². The Bertz CT molecular complexity index is 587. The van der Waals surface area contributed by atoms with Gasteiger partial charge in [-0.25, -0.2) is 17.2 Å². The van der Waals surface area contributed by atoms with Crippen LogP contribution in [0.25, 0.3) is 0 Å². The molecule has 112 valence electrons. The predicted octanol–water partition coefficient (Wildman–Crippen LogP) is 1.97. The van der Waals surface area contributed by atoms with E-state index in [0.29, 0.717) is 6.42 Å². The summed E-state index contributed by atoms with van der Waals surface area (Å²) in [6.45, 7) is 1.71. The highest BCUT2D eigenvalue weighted by molar-refractivity contribution is 7.90. The van der Waals surface area contributed by atoms with Crippen LogP contribution in [0, 0.1) is 11.6 Å². The SMILES string of the molecule is CC[C@H](NC(=O)CCS(C)(=O)=O)c1cc(F)ccc1F. The molecular weight excluding hydrogens is 288 g/mol. The highest BCUT2D eigenvalue weighted by Crippen LogP contribution is 2.21. The van der Waals surface area contributed by atoms with Crippen molar-refractivity contribution in [3.8, 4) is 0 Å². The molecule has 0 radical (unpaired) electrons. The molecule has 0 bridgehead atoms. The number of halogens is 2. The largest absolute Gasteiger partial charge is 0.349 e. The molecule has 0 heterocycles. The Hall–Kier alpha value is -1.50. The third kappa shape index (κ3) is 5.24. The van der Waals surface area contributed by atoms with Gasteiger partial charge in [0.15, 0.2) is 0 Å². The highest BCUT2D eigenvalue weighted by atomic mass is 32.2. The number of nitrogens with one attached hydrogen (secondary N) is 1. The van der Waals surface area contributed by atoms with Gasteiger partial charge in [-0.05, 0) is 24.6 Å². The van der Waals surface area contributed by atoms with Gasteiger partial charge in [-0.1, -0.05) is 6.92 Å². The zero-order chi connectivity index (χ0) is 15.3. The van der Waals surface area contributed by atoms with E-state index in [1.165, 1.54) is 0 Å². The van der Waals surface area contributed by atoms with Crippen LogP contribution < -0.4 is 5.32 Å². The van der Waals surface area contributed by atoms with Crippen LogP contribution in [0.15, 0.2) is 18.2 Å². The number of hydrogen-bond acceptors (Lipinski definition) is 3. The van der Waals surface area contributed by atoms with E-state index in [1.54, 1.807) is 6.92 Å². The first-order valence-corrected chi connectivity index (χ1v) is 8.21. The van der Waals surface area contributed by atoms with E-state index < -0.39 is 33.4 Å². The van der Waals surface area contributed by atoms with Gasteiger partial charge in [0, 0.05) is 18.2 Å². The van der Waals surface area contributed by atoms with Gasteiger partial charge in [0.1, 0.15) is 21.5 Å². The maximum Gasteiger partial charge on any atom is 0.221 e. The van der Waals surface area contributed by atoms with E-state index in [1.807, 2.05) is 0 Å². The van der Waals surface area contributed by atoms with E-state index >= 15 is 0 Å². The summed E-state index contributed by atoms with van der Waals surface area (Å²) in [5.74, 6) is -1.99. The first-order chi connectivity index (χ1) is 9.23. The molecule has 1 aromatic rings. The van der Waals surface area contributed by atoms with Gasteiger partial charge in [-0.3, -0.25) is 4.79 Å². The Balaban J connectivity index is 2.77. The summed E-state index contributed by atoms with van der Waals surface area (Å²) >= 11 is 0. The smallest absolute Gasteiger partial charge is 0.221 e. The lowest BCUT2D eigenvalue weighted by Crippen LogP contribution is -2.30. The van der Waals surface area contributed by atoms with Crippen molar-refractivity contribution >= 4 is 15.7 Å². The normalized spacial score (nSPS) is 13.0. The number of amides is 1. The van der Waals surface area contributed by atoms with Crippen LogP contribution in [0.2, 0.25) is 0 Å². The first-order valence-electron chi connectivity index (χ1n) is 6.15. The van der Waals surface area contributed by atoms with Gasteiger partial charge in [-0.2, -0.15) is 0 Å². The van der Waals surface area contributed by atoms with Crippen LogP contribution in [0.4, 0.5) is 8.78 Å². The van der Waals surface area contributed by atoms with Gasteiger partial charge < -0.3 is 5.32 Å². The fourth-order valence-corrected chi connectivity index (χ4v) is 2.28. The Morgan fingerprint density at radius 3 is 2.55 bits per heavy atom. The zero-order valence-electron chi connectivity index (χ0n) is 11.3. The molecule has 7 heteroatoms. The molecule has 0 unspecified atom stereocenters. The number of carbonyl (C=O) groups is 1. The minimum absolute atomic E-state index is 0.0557. The number of sulfone groups is 1. The van der Waals surface area contributed by atoms with Gasteiger partial charge >= 0.3 is 0 Å². The van der Waals surface area contributed by atoms with Crippen molar-refractivity contribution in [2.75, 3.05) is 12.0 Å². The summed E-state index contributed by atoms with van der Waals surface area (Å²) in [5.41, 5.74) is 0.0557. The van der Waals surface area contributed by atoms with Gasteiger partial charge in [0.25, 0.3) is 0 Å². The van der Waals surface area contributed by atoms with Gasteiger partial charge in [0.2, 0.25) is 5.91 Å². The van der Waals surface area contributed by atoms with Crippen molar-refractivity contribution in [2.45, 2.75) is 25.8 Å². The molecule has 1 N–H and O–H groups in total. The highest BCUT2D eigenvalue weighted by Gasteiger charge is 2.18. The first kappa shape index (κ1) is 16.6. The van der Waals surface area contributed by atoms with Crippen LogP contribution in [-0.2, 0) is 14.6 Å². The minimum Gasteiger partial charge on any atom is -0.349 e. The minimum atomic E-state index is -3.24. The molecular formula is C13H17F2NO3S. The zero-order valence-corrected chi connectivity index (χ0v) is 12.1. The summed E-state index contributed by atoms with van der Waals surface area (Å²) in [7, 11) is -3.24. The van der Waals surface area contributed by atoms with Crippen molar-refractivity contribution in [3.63, 3.8) is 0 Å². The van der Waals surface area contributed by atoms with Crippen LogP contribution >= 0.6 is 0 Å². The second-order valence-corrected chi connectivity index (χ2v) is 6.83. The predicted molar refractivity (Wildman–Crippen MR) is 71.9 cm³/mol. The maximum absolute atomic E-state index is 13.6. The topological polar surface area (TPSA) is 63.2 Å². The molecule has 0 aliphatic heterocycles. The number of hydrogen-bond donors (Lipinski definition) is 1. The molecule has 0 saturated heterocycles. The van der Waals surface area contributed by atoms with Gasteiger partial charge in [0.05, 0.1) is 11.8 Å². The van der Waals surface area contributed by atoms with Gasteiger partial charge in [-0.15, -0.1) is 0 Å². The summed E-state index contributed by atoms with van der Waals surface area (Å²) in [6.07, 6.45) is 1.20. The quantitative estimate of drug-likeness (QED) is 0.874.